The van der Waals surface area contributed by atoms with Gasteiger partial charge in [0.25, 0.3) is 5.56 Å². The van der Waals surface area contributed by atoms with Crippen molar-refractivity contribution in [3.63, 3.8) is 0 Å². The molecule has 0 radical (unpaired) electrons. The molecule has 0 bridgehead atoms. The highest BCUT2D eigenvalue weighted by atomic mass is 35.5. The third-order valence-corrected chi connectivity index (χ3v) is 8.29. The first-order valence-corrected chi connectivity index (χ1v) is 12.3. The summed E-state index contributed by atoms with van der Waals surface area (Å²) in [4.78, 5) is 29.6. The first-order valence-electron chi connectivity index (χ1n) is 9.43. The van der Waals surface area contributed by atoms with Crippen molar-refractivity contribution >= 4 is 49.5 Å². The van der Waals surface area contributed by atoms with Gasteiger partial charge in [-0.1, -0.05) is 29.8 Å². The number of aryl methyl sites for hydroxylation is 1. The smallest absolute Gasteiger partial charge is 0.266 e. The van der Waals surface area contributed by atoms with Gasteiger partial charge in [0, 0.05) is 6.42 Å². The highest BCUT2D eigenvalue weighted by molar-refractivity contribution is 7.94. The second kappa shape index (κ2) is 8.57. The quantitative estimate of drug-likeness (QED) is 0.405. The van der Waals surface area contributed by atoms with E-state index in [0.29, 0.717) is 26.6 Å². The number of fused-ring (bicyclic) bond motifs is 1. The fourth-order valence-corrected chi connectivity index (χ4v) is 6.21. The fraction of sp³-hybridized carbons (Fsp3) is 0.136. The normalized spacial score (nSPS) is 11.7. The van der Waals surface area contributed by atoms with Gasteiger partial charge >= 0.3 is 0 Å². The lowest BCUT2D eigenvalue weighted by atomic mass is 10.1. The lowest BCUT2D eigenvalue weighted by molar-refractivity contribution is -0.116. The molecule has 32 heavy (non-hydrogen) atoms. The number of carbonyl (C=O) groups is 1. The van der Waals surface area contributed by atoms with Crippen LogP contribution in [-0.4, -0.2) is 29.5 Å². The maximum atomic E-state index is 14.9. The molecule has 0 aliphatic carbocycles. The van der Waals surface area contributed by atoms with Crippen molar-refractivity contribution in [1.29, 1.82) is 0 Å². The van der Waals surface area contributed by atoms with Crippen LogP contribution >= 0.6 is 22.9 Å². The van der Waals surface area contributed by atoms with Gasteiger partial charge in [0.15, 0.2) is 15.6 Å². The van der Waals surface area contributed by atoms with Gasteiger partial charge in [0.2, 0.25) is 0 Å². The van der Waals surface area contributed by atoms with Crippen LogP contribution in [0.1, 0.15) is 11.4 Å². The maximum Gasteiger partial charge on any atom is 0.266 e. The zero-order valence-electron chi connectivity index (χ0n) is 16.7. The molecule has 4 rings (SSSR count). The standard InChI is InChI=1S/C22H16ClFN2O4S2/c1-13-25-18-5-3-2-4-16(18)22(28)26(13)19-7-6-14(11-17(19)24)10-15(27)12-32(29,30)21-9-8-20(23)31-21/h2-9,11H,10,12H2,1H3. The number of aromatic nitrogens is 2. The van der Waals surface area contributed by atoms with Crippen molar-refractivity contribution in [2.24, 2.45) is 0 Å². The number of para-hydroxylation sites is 1. The summed E-state index contributed by atoms with van der Waals surface area (Å²) in [6, 6.07) is 13.6. The van der Waals surface area contributed by atoms with Crippen LogP contribution < -0.4 is 5.56 Å². The number of benzene rings is 2. The molecule has 4 aromatic rings. The van der Waals surface area contributed by atoms with Gasteiger partial charge < -0.3 is 0 Å². The Labute approximate surface area is 191 Å². The summed E-state index contributed by atoms with van der Waals surface area (Å²) in [5, 5.41) is 0.357. The minimum absolute atomic E-state index is 0.00259. The summed E-state index contributed by atoms with van der Waals surface area (Å²) >= 11 is 6.64. The molecule has 0 aliphatic rings. The average molecular weight is 491 g/mol. The summed E-state index contributed by atoms with van der Waals surface area (Å²) in [5.41, 5.74) is 0.413. The van der Waals surface area contributed by atoms with E-state index in [1.54, 1.807) is 31.2 Å². The lowest BCUT2D eigenvalue weighted by Gasteiger charge is -2.12. The van der Waals surface area contributed by atoms with Crippen LogP contribution in [-0.2, 0) is 21.1 Å². The Hall–Kier alpha value is -2.88. The Morgan fingerprint density at radius 1 is 1.16 bits per heavy atom. The first-order chi connectivity index (χ1) is 15.2. The number of sulfone groups is 1. The first kappa shape index (κ1) is 22.3. The van der Waals surface area contributed by atoms with Gasteiger partial charge in [-0.2, -0.15) is 0 Å². The topological polar surface area (TPSA) is 86.1 Å². The van der Waals surface area contributed by atoms with Crippen LogP contribution in [0.2, 0.25) is 4.34 Å². The maximum absolute atomic E-state index is 14.9. The zero-order chi connectivity index (χ0) is 23.0. The van der Waals surface area contributed by atoms with E-state index < -0.39 is 32.7 Å². The summed E-state index contributed by atoms with van der Waals surface area (Å²) < 4.78 is 41.1. The van der Waals surface area contributed by atoms with Crippen molar-refractivity contribution in [2.75, 3.05) is 5.75 Å². The number of rotatable bonds is 6. The van der Waals surface area contributed by atoms with Gasteiger partial charge in [0.1, 0.15) is 21.6 Å². The van der Waals surface area contributed by atoms with Crippen molar-refractivity contribution in [2.45, 2.75) is 17.6 Å². The van der Waals surface area contributed by atoms with Crippen molar-refractivity contribution in [3.05, 3.63) is 86.5 Å². The molecular formula is C22H16ClFN2O4S2. The Bertz CT molecular complexity index is 1530. The molecule has 0 saturated carbocycles. The molecule has 0 saturated heterocycles. The third-order valence-electron chi connectivity index (χ3n) is 4.80. The molecule has 0 fully saturated rings. The van der Waals surface area contributed by atoms with E-state index in [-0.39, 0.29) is 16.3 Å². The molecule has 2 heterocycles. The molecule has 2 aromatic carbocycles. The molecule has 164 valence electrons. The van der Waals surface area contributed by atoms with Crippen LogP contribution in [0, 0.1) is 12.7 Å². The molecule has 0 aliphatic heterocycles. The molecule has 10 heteroatoms. The number of nitrogens with zero attached hydrogens (tertiary/aromatic N) is 2. The van der Waals surface area contributed by atoms with Crippen LogP contribution in [0.15, 0.2) is 63.6 Å². The van der Waals surface area contributed by atoms with Gasteiger partial charge in [-0.25, -0.2) is 17.8 Å². The molecule has 0 amide bonds. The minimum atomic E-state index is -3.82. The van der Waals surface area contributed by atoms with E-state index in [9.17, 15) is 22.4 Å². The largest absolute Gasteiger partial charge is 0.298 e. The summed E-state index contributed by atoms with van der Waals surface area (Å²) in [6.07, 6.45) is -0.264. The SMILES string of the molecule is Cc1nc2ccccc2c(=O)n1-c1ccc(CC(=O)CS(=O)(=O)c2ccc(Cl)s2)cc1F. The van der Waals surface area contributed by atoms with Crippen LogP contribution in [0.4, 0.5) is 4.39 Å². The van der Waals surface area contributed by atoms with E-state index in [1.165, 1.54) is 28.8 Å². The Morgan fingerprint density at radius 2 is 1.91 bits per heavy atom. The second-order valence-electron chi connectivity index (χ2n) is 7.14. The highest BCUT2D eigenvalue weighted by Crippen LogP contribution is 2.26. The predicted octanol–water partition coefficient (Wildman–Crippen LogP) is 4.13. The number of Topliss-reactive ketones (excluding diaryl/α,β-unsaturated/α-hetero) is 1. The van der Waals surface area contributed by atoms with Gasteiger partial charge in [-0.15, -0.1) is 11.3 Å². The molecule has 0 spiro atoms. The van der Waals surface area contributed by atoms with Gasteiger partial charge in [-0.05, 0) is 48.9 Å². The van der Waals surface area contributed by atoms with Gasteiger partial charge in [0.05, 0.1) is 20.9 Å². The second-order valence-corrected chi connectivity index (χ2v) is 11.1. The minimum Gasteiger partial charge on any atom is -0.298 e. The van der Waals surface area contributed by atoms with Crippen molar-refractivity contribution in [1.82, 2.24) is 9.55 Å². The highest BCUT2D eigenvalue weighted by Gasteiger charge is 2.22. The molecule has 2 aromatic heterocycles. The molecule has 0 atom stereocenters. The molecule has 0 N–H and O–H groups in total. The summed E-state index contributed by atoms with van der Waals surface area (Å²) in [5.74, 6) is -1.69. The van der Waals surface area contributed by atoms with Crippen molar-refractivity contribution < 1.29 is 17.6 Å². The number of hydrogen-bond donors (Lipinski definition) is 0. The van der Waals surface area contributed by atoms with E-state index in [2.05, 4.69) is 4.98 Å². The third kappa shape index (κ3) is 4.36. The summed E-state index contributed by atoms with van der Waals surface area (Å²) in [6.45, 7) is 1.60. The lowest BCUT2D eigenvalue weighted by Crippen LogP contribution is -2.23. The number of carbonyl (C=O) groups excluding carboxylic acids is 1. The Kier molecular flexibility index (Phi) is 5.98. The fourth-order valence-electron chi connectivity index (χ4n) is 3.40. The van der Waals surface area contributed by atoms with Crippen molar-refractivity contribution in [3.8, 4) is 5.69 Å². The van der Waals surface area contributed by atoms with E-state index in [4.69, 9.17) is 11.6 Å². The number of ketones is 1. The number of halogens is 2. The average Bonchev–Trinajstić information content (AvgIpc) is 3.16. The Morgan fingerprint density at radius 3 is 2.59 bits per heavy atom. The molecule has 0 unspecified atom stereocenters. The van der Waals surface area contributed by atoms with E-state index in [0.717, 1.165) is 17.4 Å². The van der Waals surface area contributed by atoms with E-state index in [1.807, 2.05) is 0 Å². The van der Waals surface area contributed by atoms with E-state index >= 15 is 0 Å². The molecular weight excluding hydrogens is 475 g/mol. The van der Waals surface area contributed by atoms with Crippen LogP contribution in [0.25, 0.3) is 16.6 Å². The summed E-state index contributed by atoms with van der Waals surface area (Å²) in [7, 11) is -3.82. The Balaban J connectivity index is 1.60. The van der Waals surface area contributed by atoms with Gasteiger partial charge in [-0.3, -0.25) is 14.2 Å². The molecule has 6 nitrogen and oxygen atoms in total. The monoisotopic (exact) mass is 490 g/mol. The van der Waals surface area contributed by atoms with Crippen LogP contribution in [0.3, 0.4) is 0 Å². The zero-order valence-corrected chi connectivity index (χ0v) is 19.1. The predicted molar refractivity (Wildman–Crippen MR) is 122 cm³/mol. The van der Waals surface area contributed by atoms with Crippen LogP contribution in [0.5, 0.6) is 0 Å². The number of hydrogen-bond acceptors (Lipinski definition) is 6. The number of thiophene rings is 1.